The summed E-state index contributed by atoms with van der Waals surface area (Å²) in [6.45, 7) is 4.91. The molecule has 1 aliphatic heterocycles. The molecule has 0 aliphatic carbocycles. The number of rotatable bonds is 4. The van der Waals surface area contributed by atoms with Crippen LogP contribution in [-0.2, 0) is 4.79 Å². The molecular formula is C21H24ClNO2. The fourth-order valence-electron chi connectivity index (χ4n) is 3.94. The second-order valence-corrected chi connectivity index (χ2v) is 7.34. The number of piperidine rings is 1. The molecule has 1 heterocycles. The number of aryl methyl sites for hydroxylation is 2. The molecule has 0 aromatic heterocycles. The molecule has 2 unspecified atom stereocenters. The lowest BCUT2D eigenvalue weighted by molar-refractivity contribution is -0.145. The molecule has 1 fully saturated rings. The lowest BCUT2D eigenvalue weighted by atomic mass is 9.90. The zero-order chi connectivity index (χ0) is 18.0. The van der Waals surface area contributed by atoms with Crippen molar-refractivity contribution in [2.24, 2.45) is 0 Å². The van der Waals surface area contributed by atoms with Crippen molar-refractivity contribution in [1.82, 2.24) is 4.90 Å². The fourth-order valence-corrected chi connectivity index (χ4v) is 4.18. The minimum atomic E-state index is -0.749. The van der Waals surface area contributed by atoms with E-state index in [0.717, 1.165) is 30.5 Å². The second-order valence-electron chi connectivity index (χ2n) is 6.93. The van der Waals surface area contributed by atoms with E-state index in [2.05, 4.69) is 36.9 Å². The molecule has 2 aromatic carbocycles. The maximum absolute atomic E-state index is 11.9. The van der Waals surface area contributed by atoms with Gasteiger partial charge in [-0.05, 0) is 50.4 Å². The molecule has 25 heavy (non-hydrogen) atoms. The topological polar surface area (TPSA) is 40.5 Å². The summed E-state index contributed by atoms with van der Waals surface area (Å²) < 4.78 is 0. The quantitative estimate of drug-likeness (QED) is 0.838. The molecule has 1 aliphatic rings. The third-order valence-electron chi connectivity index (χ3n) is 4.92. The van der Waals surface area contributed by atoms with Gasteiger partial charge in [-0.2, -0.15) is 0 Å². The van der Waals surface area contributed by atoms with E-state index in [1.165, 1.54) is 11.1 Å². The molecule has 2 atom stereocenters. The highest BCUT2D eigenvalue weighted by Crippen LogP contribution is 2.37. The van der Waals surface area contributed by atoms with Crippen molar-refractivity contribution in [3.63, 3.8) is 0 Å². The highest BCUT2D eigenvalue weighted by molar-refractivity contribution is 6.31. The SMILES string of the molecule is Cc1cc(C)cc(C(c2ccccc2Cl)N2CCCCC2C(=O)O)c1. The van der Waals surface area contributed by atoms with Crippen LogP contribution in [0.3, 0.4) is 0 Å². The Labute approximate surface area is 154 Å². The maximum Gasteiger partial charge on any atom is 0.320 e. The van der Waals surface area contributed by atoms with E-state index in [-0.39, 0.29) is 6.04 Å². The first-order chi connectivity index (χ1) is 12.0. The van der Waals surface area contributed by atoms with Gasteiger partial charge >= 0.3 is 5.97 Å². The lowest BCUT2D eigenvalue weighted by Crippen LogP contribution is -2.47. The van der Waals surface area contributed by atoms with E-state index in [9.17, 15) is 9.90 Å². The highest BCUT2D eigenvalue weighted by atomic mass is 35.5. The standard InChI is InChI=1S/C21H24ClNO2/c1-14-11-15(2)13-16(12-14)20(17-7-3-4-8-18(17)22)23-10-6-5-9-19(23)21(24)25/h3-4,7-8,11-13,19-20H,5-6,9-10H2,1-2H3,(H,24,25). The van der Waals surface area contributed by atoms with E-state index in [0.29, 0.717) is 11.4 Å². The van der Waals surface area contributed by atoms with Gasteiger partial charge in [0.05, 0.1) is 6.04 Å². The van der Waals surface area contributed by atoms with Crippen LogP contribution in [0.5, 0.6) is 0 Å². The summed E-state index contributed by atoms with van der Waals surface area (Å²) in [5.74, 6) is -0.749. The molecule has 3 rings (SSSR count). The first-order valence-electron chi connectivity index (χ1n) is 8.78. The Hall–Kier alpha value is -1.84. The number of carboxylic acid groups (broad SMARTS) is 1. The van der Waals surface area contributed by atoms with Gasteiger partial charge in [-0.1, -0.05) is 65.5 Å². The van der Waals surface area contributed by atoms with Gasteiger partial charge in [0.1, 0.15) is 6.04 Å². The molecule has 1 N–H and O–H groups in total. The zero-order valence-corrected chi connectivity index (χ0v) is 15.5. The smallest absolute Gasteiger partial charge is 0.320 e. The lowest BCUT2D eigenvalue weighted by Gasteiger charge is -2.40. The summed E-state index contributed by atoms with van der Waals surface area (Å²) in [7, 11) is 0. The van der Waals surface area contributed by atoms with Crippen LogP contribution in [0, 0.1) is 13.8 Å². The largest absolute Gasteiger partial charge is 0.480 e. The van der Waals surface area contributed by atoms with Gasteiger partial charge < -0.3 is 5.11 Å². The Bertz CT molecular complexity index is 754. The molecule has 2 aromatic rings. The minimum absolute atomic E-state index is 0.145. The van der Waals surface area contributed by atoms with Crippen molar-refractivity contribution in [2.75, 3.05) is 6.54 Å². The molecule has 0 saturated carbocycles. The van der Waals surface area contributed by atoms with Crippen molar-refractivity contribution >= 4 is 17.6 Å². The van der Waals surface area contributed by atoms with E-state index in [1.807, 2.05) is 24.3 Å². The predicted molar refractivity (Wildman–Crippen MR) is 101 cm³/mol. The van der Waals surface area contributed by atoms with Gasteiger partial charge in [0, 0.05) is 5.02 Å². The summed E-state index contributed by atoms with van der Waals surface area (Å²) in [5.41, 5.74) is 4.44. The average molecular weight is 358 g/mol. The monoisotopic (exact) mass is 357 g/mol. The van der Waals surface area contributed by atoms with E-state index < -0.39 is 12.0 Å². The number of hydrogen-bond donors (Lipinski definition) is 1. The highest BCUT2D eigenvalue weighted by Gasteiger charge is 2.35. The van der Waals surface area contributed by atoms with Crippen molar-refractivity contribution in [2.45, 2.75) is 45.2 Å². The summed E-state index contributed by atoms with van der Waals surface area (Å²) >= 11 is 6.52. The first-order valence-corrected chi connectivity index (χ1v) is 9.16. The normalized spacial score (nSPS) is 19.6. The Morgan fingerprint density at radius 2 is 1.84 bits per heavy atom. The number of likely N-dealkylation sites (tertiary alicyclic amines) is 1. The van der Waals surface area contributed by atoms with Crippen LogP contribution >= 0.6 is 11.6 Å². The van der Waals surface area contributed by atoms with Gasteiger partial charge in [-0.25, -0.2) is 0 Å². The number of aliphatic carboxylic acids is 1. The van der Waals surface area contributed by atoms with Crippen molar-refractivity contribution in [3.05, 3.63) is 69.7 Å². The second kappa shape index (κ2) is 7.59. The summed E-state index contributed by atoms with van der Waals surface area (Å²) in [4.78, 5) is 14.0. The third kappa shape index (κ3) is 3.88. The Kier molecular flexibility index (Phi) is 5.45. The maximum atomic E-state index is 11.9. The van der Waals surface area contributed by atoms with Gasteiger partial charge in [0.25, 0.3) is 0 Å². The number of benzene rings is 2. The molecule has 0 radical (unpaired) electrons. The van der Waals surface area contributed by atoms with Crippen molar-refractivity contribution in [3.8, 4) is 0 Å². The number of hydrogen-bond acceptors (Lipinski definition) is 2. The summed E-state index contributed by atoms with van der Waals surface area (Å²) in [5, 5.41) is 10.4. The van der Waals surface area contributed by atoms with Gasteiger partial charge in [-0.15, -0.1) is 0 Å². The number of carbonyl (C=O) groups is 1. The minimum Gasteiger partial charge on any atom is -0.480 e. The third-order valence-corrected chi connectivity index (χ3v) is 5.26. The van der Waals surface area contributed by atoms with Crippen molar-refractivity contribution < 1.29 is 9.90 Å². The van der Waals surface area contributed by atoms with Crippen LogP contribution in [0.25, 0.3) is 0 Å². The van der Waals surface area contributed by atoms with E-state index in [4.69, 9.17) is 11.6 Å². The Balaban J connectivity index is 2.14. The van der Waals surface area contributed by atoms with Gasteiger partial charge in [0.2, 0.25) is 0 Å². The van der Waals surface area contributed by atoms with Crippen LogP contribution in [0.2, 0.25) is 5.02 Å². The Morgan fingerprint density at radius 1 is 1.16 bits per heavy atom. The van der Waals surface area contributed by atoms with Crippen molar-refractivity contribution in [1.29, 1.82) is 0 Å². The fraction of sp³-hybridized carbons (Fsp3) is 0.381. The molecule has 3 nitrogen and oxygen atoms in total. The number of nitrogens with zero attached hydrogens (tertiary/aromatic N) is 1. The zero-order valence-electron chi connectivity index (χ0n) is 14.7. The molecular weight excluding hydrogens is 334 g/mol. The first kappa shape index (κ1) is 18.0. The number of halogens is 1. The molecule has 4 heteroatoms. The predicted octanol–water partition coefficient (Wildman–Crippen LogP) is 4.99. The van der Waals surface area contributed by atoms with Crippen LogP contribution in [-0.4, -0.2) is 28.6 Å². The molecule has 132 valence electrons. The van der Waals surface area contributed by atoms with Gasteiger partial charge in [0.15, 0.2) is 0 Å². The van der Waals surface area contributed by atoms with Crippen LogP contribution in [0.1, 0.15) is 47.6 Å². The summed E-state index contributed by atoms with van der Waals surface area (Å²) in [6.07, 6.45) is 2.65. The molecule has 0 spiro atoms. The van der Waals surface area contributed by atoms with Gasteiger partial charge in [-0.3, -0.25) is 9.69 Å². The summed E-state index contributed by atoms with van der Waals surface area (Å²) in [6, 6.07) is 13.6. The van der Waals surface area contributed by atoms with Crippen LogP contribution in [0.15, 0.2) is 42.5 Å². The molecule has 1 saturated heterocycles. The molecule has 0 amide bonds. The van der Waals surface area contributed by atoms with Crippen LogP contribution < -0.4 is 0 Å². The number of carboxylic acids is 1. The average Bonchev–Trinajstić information content (AvgIpc) is 2.56. The van der Waals surface area contributed by atoms with E-state index >= 15 is 0 Å². The Morgan fingerprint density at radius 3 is 2.48 bits per heavy atom. The van der Waals surface area contributed by atoms with E-state index in [1.54, 1.807) is 0 Å². The molecule has 0 bridgehead atoms. The van der Waals surface area contributed by atoms with Crippen LogP contribution in [0.4, 0.5) is 0 Å².